The summed E-state index contributed by atoms with van der Waals surface area (Å²) < 4.78 is 5.44. The van der Waals surface area contributed by atoms with Crippen LogP contribution in [0.25, 0.3) is 0 Å². The summed E-state index contributed by atoms with van der Waals surface area (Å²) in [5.74, 6) is 1.71. The van der Waals surface area contributed by atoms with Gasteiger partial charge in [0.05, 0.1) is 6.61 Å². The predicted molar refractivity (Wildman–Crippen MR) is 77.5 cm³/mol. The van der Waals surface area contributed by atoms with Crippen LogP contribution in [0.3, 0.4) is 0 Å². The molecule has 1 aliphatic rings. The van der Waals surface area contributed by atoms with Crippen molar-refractivity contribution in [2.45, 2.75) is 46.2 Å². The first-order valence-electron chi connectivity index (χ1n) is 7.29. The quantitative estimate of drug-likeness (QED) is 0.903. The van der Waals surface area contributed by atoms with Gasteiger partial charge in [-0.05, 0) is 45.2 Å². The third-order valence-electron chi connectivity index (χ3n) is 4.03. The molecule has 2 rings (SSSR count). The molecule has 1 aromatic carbocycles. The molecule has 1 aromatic rings. The summed E-state index contributed by atoms with van der Waals surface area (Å²) in [5, 5.41) is 10.2. The summed E-state index contributed by atoms with van der Waals surface area (Å²) in [7, 11) is 0. The van der Waals surface area contributed by atoms with Crippen molar-refractivity contribution in [2.24, 2.45) is 5.92 Å². The highest BCUT2D eigenvalue weighted by molar-refractivity contribution is 5.45. The van der Waals surface area contributed by atoms with Gasteiger partial charge in [-0.1, -0.05) is 19.1 Å². The minimum absolute atomic E-state index is 0.301. The van der Waals surface area contributed by atoms with Crippen molar-refractivity contribution in [1.29, 1.82) is 0 Å². The van der Waals surface area contributed by atoms with Crippen molar-refractivity contribution >= 4 is 0 Å². The third kappa shape index (κ3) is 3.41. The van der Waals surface area contributed by atoms with Crippen molar-refractivity contribution in [3.05, 3.63) is 23.8 Å². The van der Waals surface area contributed by atoms with Crippen LogP contribution in [-0.4, -0.2) is 29.2 Å². The van der Waals surface area contributed by atoms with Gasteiger partial charge in [0.15, 0.2) is 11.5 Å². The number of phenols is 1. The summed E-state index contributed by atoms with van der Waals surface area (Å²) in [6, 6.07) is 6.35. The molecule has 3 nitrogen and oxygen atoms in total. The van der Waals surface area contributed by atoms with E-state index < -0.39 is 0 Å². The van der Waals surface area contributed by atoms with E-state index in [0.29, 0.717) is 24.1 Å². The van der Waals surface area contributed by atoms with Crippen LogP contribution in [0.4, 0.5) is 0 Å². The standard InChI is InChI=1S/C16H25NO2/c1-4-19-15-7-5-6-14(16(15)18)11-17-9-8-12(2)10-13(17)3/h5-7,12-13,18H,4,8-11H2,1-3H3. The van der Waals surface area contributed by atoms with Gasteiger partial charge in [0.1, 0.15) is 0 Å². The average molecular weight is 263 g/mol. The number of piperidine rings is 1. The molecule has 3 heteroatoms. The van der Waals surface area contributed by atoms with E-state index in [0.717, 1.165) is 24.6 Å². The zero-order valence-corrected chi connectivity index (χ0v) is 12.2. The van der Waals surface area contributed by atoms with Crippen molar-refractivity contribution in [2.75, 3.05) is 13.2 Å². The minimum Gasteiger partial charge on any atom is -0.504 e. The molecule has 0 saturated carbocycles. The number of nitrogens with zero attached hydrogens (tertiary/aromatic N) is 1. The monoisotopic (exact) mass is 263 g/mol. The van der Waals surface area contributed by atoms with Gasteiger partial charge in [-0.25, -0.2) is 0 Å². The molecular formula is C16H25NO2. The van der Waals surface area contributed by atoms with Crippen molar-refractivity contribution in [3.63, 3.8) is 0 Å². The van der Waals surface area contributed by atoms with E-state index >= 15 is 0 Å². The Morgan fingerprint density at radius 2 is 2.16 bits per heavy atom. The number of ether oxygens (including phenoxy) is 1. The highest BCUT2D eigenvalue weighted by atomic mass is 16.5. The van der Waals surface area contributed by atoms with Gasteiger partial charge in [0.2, 0.25) is 0 Å². The largest absolute Gasteiger partial charge is 0.504 e. The van der Waals surface area contributed by atoms with E-state index in [9.17, 15) is 5.11 Å². The molecule has 0 spiro atoms. The van der Waals surface area contributed by atoms with Crippen LogP contribution in [0.2, 0.25) is 0 Å². The van der Waals surface area contributed by atoms with Gasteiger partial charge in [-0.2, -0.15) is 0 Å². The van der Waals surface area contributed by atoms with Gasteiger partial charge in [-0.15, -0.1) is 0 Å². The second kappa shape index (κ2) is 6.29. The summed E-state index contributed by atoms with van der Waals surface area (Å²) >= 11 is 0. The van der Waals surface area contributed by atoms with E-state index in [1.807, 2.05) is 25.1 Å². The first-order valence-corrected chi connectivity index (χ1v) is 7.29. The maximum atomic E-state index is 10.2. The lowest BCUT2D eigenvalue weighted by atomic mass is 9.93. The summed E-state index contributed by atoms with van der Waals surface area (Å²) in [5.41, 5.74) is 0.965. The summed E-state index contributed by atoms with van der Waals surface area (Å²) in [6.07, 6.45) is 2.49. The van der Waals surface area contributed by atoms with E-state index in [-0.39, 0.29) is 0 Å². The van der Waals surface area contributed by atoms with E-state index in [4.69, 9.17) is 4.74 Å². The Morgan fingerprint density at radius 1 is 1.37 bits per heavy atom. The number of benzene rings is 1. The lowest BCUT2D eigenvalue weighted by Crippen LogP contribution is -2.39. The van der Waals surface area contributed by atoms with Crippen LogP contribution in [0.1, 0.15) is 39.2 Å². The second-order valence-electron chi connectivity index (χ2n) is 5.65. The van der Waals surface area contributed by atoms with Crippen LogP contribution < -0.4 is 4.74 Å². The molecule has 0 aliphatic carbocycles. The molecule has 1 fully saturated rings. The maximum absolute atomic E-state index is 10.2. The second-order valence-corrected chi connectivity index (χ2v) is 5.65. The average Bonchev–Trinajstić information content (AvgIpc) is 2.37. The van der Waals surface area contributed by atoms with Crippen molar-refractivity contribution in [3.8, 4) is 11.5 Å². The predicted octanol–water partition coefficient (Wildman–Crippen LogP) is 3.41. The number of phenolic OH excluding ortho intramolecular Hbond substituents is 1. The minimum atomic E-state index is 0.301. The molecule has 106 valence electrons. The number of rotatable bonds is 4. The van der Waals surface area contributed by atoms with Crippen LogP contribution >= 0.6 is 0 Å². The number of likely N-dealkylation sites (tertiary alicyclic amines) is 1. The van der Waals surface area contributed by atoms with Crippen LogP contribution in [0.15, 0.2) is 18.2 Å². The Kier molecular flexibility index (Phi) is 4.70. The fraction of sp³-hybridized carbons (Fsp3) is 0.625. The SMILES string of the molecule is CCOc1cccc(CN2CCC(C)CC2C)c1O. The number of aromatic hydroxyl groups is 1. The van der Waals surface area contributed by atoms with Crippen LogP contribution in [-0.2, 0) is 6.54 Å². The maximum Gasteiger partial charge on any atom is 0.162 e. The fourth-order valence-corrected chi connectivity index (χ4v) is 2.88. The normalized spacial score (nSPS) is 24.4. The van der Waals surface area contributed by atoms with E-state index in [2.05, 4.69) is 18.7 Å². The summed E-state index contributed by atoms with van der Waals surface area (Å²) in [6.45, 7) is 9.02. The third-order valence-corrected chi connectivity index (χ3v) is 4.03. The molecule has 19 heavy (non-hydrogen) atoms. The summed E-state index contributed by atoms with van der Waals surface area (Å²) in [4.78, 5) is 2.45. The molecule has 0 bridgehead atoms. The topological polar surface area (TPSA) is 32.7 Å². The first kappa shape index (κ1) is 14.2. The van der Waals surface area contributed by atoms with Crippen LogP contribution in [0.5, 0.6) is 11.5 Å². The van der Waals surface area contributed by atoms with E-state index in [1.165, 1.54) is 12.8 Å². The zero-order chi connectivity index (χ0) is 13.8. The highest BCUT2D eigenvalue weighted by Crippen LogP contribution is 2.32. The van der Waals surface area contributed by atoms with Crippen molar-refractivity contribution in [1.82, 2.24) is 4.90 Å². The lowest BCUT2D eigenvalue weighted by molar-refractivity contribution is 0.121. The Labute approximate surface area is 116 Å². The molecular weight excluding hydrogens is 238 g/mol. The fourth-order valence-electron chi connectivity index (χ4n) is 2.88. The molecule has 0 radical (unpaired) electrons. The highest BCUT2D eigenvalue weighted by Gasteiger charge is 2.23. The number of para-hydroxylation sites is 1. The zero-order valence-electron chi connectivity index (χ0n) is 12.2. The van der Waals surface area contributed by atoms with E-state index in [1.54, 1.807) is 0 Å². The molecule has 2 atom stereocenters. The Morgan fingerprint density at radius 3 is 2.84 bits per heavy atom. The molecule has 1 heterocycles. The molecule has 0 aromatic heterocycles. The Hall–Kier alpha value is -1.22. The van der Waals surface area contributed by atoms with Gasteiger partial charge >= 0.3 is 0 Å². The first-order chi connectivity index (χ1) is 9.11. The Balaban J connectivity index is 2.08. The van der Waals surface area contributed by atoms with Crippen molar-refractivity contribution < 1.29 is 9.84 Å². The molecule has 2 unspecified atom stereocenters. The van der Waals surface area contributed by atoms with Gasteiger partial charge in [0, 0.05) is 18.2 Å². The number of hydrogen-bond donors (Lipinski definition) is 1. The molecule has 1 saturated heterocycles. The molecule has 1 aliphatic heterocycles. The van der Waals surface area contributed by atoms with Crippen LogP contribution in [0, 0.1) is 5.92 Å². The number of hydrogen-bond acceptors (Lipinski definition) is 3. The Bertz CT molecular complexity index is 419. The van der Waals surface area contributed by atoms with Gasteiger partial charge < -0.3 is 9.84 Å². The lowest BCUT2D eigenvalue weighted by Gasteiger charge is -2.36. The molecule has 0 amide bonds. The molecule has 1 N–H and O–H groups in total. The van der Waals surface area contributed by atoms with Gasteiger partial charge in [-0.3, -0.25) is 4.90 Å². The van der Waals surface area contributed by atoms with Gasteiger partial charge in [0.25, 0.3) is 0 Å². The smallest absolute Gasteiger partial charge is 0.162 e.